The van der Waals surface area contributed by atoms with Gasteiger partial charge in [-0.25, -0.2) is 4.79 Å². The molecule has 4 amide bonds. The van der Waals surface area contributed by atoms with Gasteiger partial charge in [0, 0.05) is 23.5 Å². The van der Waals surface area contributed by atoms with Gasteiger partial charge >= 0.3 is 12.1 Å². The number of aromatic amines is 1. The van der Waals surface area contributed by atoms with Crippen molar-refractivity contribution in [3.63, 3.8) is 0 Å². The Balaban J connectivity index is 1.74. The Bertz CT molecular complexity index is 1480. The van der Waals surface area contributed by atoms with E-state index in [0.29, 0.717) is 0 Å². The highest BCUT2D eigenvalue weighted by molar-refractivity contribution is 5.95. The van der Waals surface area contributed by atoms with Crippen LogP contribution in [0.2, 0.25) is 0 Å². The summed E-state index contributed by atoms with van der Waals surface area (Å²) in [5.74, 6) is -3.05. The third-order valence-corrected chi connectivity index (χ3v) is 6.72. The molecule has 0 radical (unpaired) electrons. The van der Waals surface area contributed by atoms with Crippen molar-refractivity contribution >= 4 is 40.7 Å². The molecule has 3 atom stereocenters. The van der Waals surface area contributed by atoms with E-state index in [1.54, 1.807) is 51.2 Å². The molecule has 6 N–H and O–H groups in total. The molecule has 242 valence electrons. The smallest absolute Gasteiger partial charge is 0.408 e. The number of hydrogen-bond acceptors (Lipinski definition) is 7. The molecule has 12 nitrogen and oxygen atoms in total. The van der Waals surface area contributed by atoms with Gasteiger partial charge in [0.2, 0.25) is 17.7 Å². The highest BCUT2D eigenvalue weighted by Gasteiger charge is 2.32. The molecule has 0 saturated heterocycles. The highest BCUT2D eigenvalue weighted by atomic mass is 16.6. The molecular formula is C33H43N5O7. The van der Waals surface area contributed by atoms with Crippen molar-refractivity contribution < 1.29 is 33.4 Å². The number of primary amides is 1. The van der Waals surface area contributed by atoms with Crippen LogP contribution < -0.4 is 21.7 Å². The van der Waals surface area contributed by atoms with Crippen molar-refractivity contribution in [2.75, 3.05) is 0 Å². The molecule has 2 aromatic carbocycles. The molecule has 0 saturated carbocycles. The van der Waals surface area contributed by atoms with Crippen LogP contribution in [0.1, 0.15) is 58.6 Å². The Morgan fingerprint density at radius 3 is 2.11 bits per heavy atom. The van der Waals surface area contributed by atoms with Crippen LogP contribution in [0.15, 0.2) is 60.8 Å². The van der Waals surface area contributed by atoms with Gasteiger partial charge in [0.15, 0.2) is 0 Å². The van der Waals surface area contributed by atoms with Crippen LogP contribution in [-0.2, 0) is 41.7 Å². The van der Waals surface area contributed by atoms with Crippen molar-refractivity contribution in [1.82, 2.24) is 20.9 Å². The lowest BCUT2D eigenvalue weighted by Gasteiger charge is -2.26. The molecular weight excluding hydrogens is 578 g/mol. The van der Waals surface area contributed by atoms with Crippen LogP contribution in [0.4, 0.5) is 4.79 Å². The SMILES string of the molecule is CC(C)C[C@H](NC(=O)[C@H](Cc1c[nH]c2ccccc12)NC(=O)OC(C)(C)C)C(=O)N[C@@H](CC(=O)OCc1ccccc1)C(N)=O. The first-order valence-electron chi connectivity index (χ1n) is 14.9. The minimum Gasteiger partial charge on any atom is -0.461 e. The zero-order valence-electron chi connectivity index (χ0n) is 26.3. The fraction of sp³-hybridized carbons (Fsp3) is 0.424. The molecule has 0 bridgehead atoms. The molecule has 0 aliphatic heterocycles. The first kappa shape index (κ1) is 34.6. The lowest BCUT2D eigenvalue weighted by molar-refractivity contribution is -0.147. The Morgan fingerprint density at radius 1 is 0.844 bits per heavy atom. The summed E-state index contributed by atoms with van der Waals surface area (Å²) in [5.41, 5.74) is 7.09. The monoisotopic (exact) mass is 621 g/mol. The molecule has 0 aliphatic carbocycles. The van der Waals surface area contributed by atoms with Gasteiger partial charge in [-0.2, -0.15) is 0 Å². The number of alkyl carbamates (subject to hydrolysis) is 1. The van der Waals surface area contributed by atoms with Crippen molar-refractivity contribution in [2.45, 2.75) is 84.2 Å². The minimum atomic E-state index is -1.37. The van der Waals surface area contributed by atoms with Crippen molar-refractivity contribution in [3.8, 4) is 0 Å². The number of ether oxygens (including phenoxy) is 2. The Labute approximate surface area is 262 Å². The number of aromatic nitrogens is 1. The molecule has 1 heterocycles. The number of H-pyrrole nitrogens is 1. The quantitative estimate of drug-likeness (QED) is 0.171. The fourth-order valence-electron chi connectivity index (χ4n) is 4.61. The Kier molecular flexibility index (Phi) is 12.1. The number of nitrogens with two attached hydrogens (primary N) is 1. The van der Waals surface area contributed by atoms with Crippen LogP contribution >= 0.6 is 0 Å². The van der Waals surface area contributed by atoms with Gasteiger partial charge in [0.1, 0.15) is 30.3 Å². The minimum absolute atomic E-state index is 0.00635. The zero-order chi connectivity index (χ0) is 33.1. The van der Waals surface area contributed by atoms with E-state index in [-0.39, 0.29) is 25.4 Å². The van der Waals surface area contributed by atoms with E-state index in [0.717, 1.165) is 22.0 Å². The van der Waals surface area contributed by atoms with Crippen molar-refractivity contribution in [1.29, 1.82) is 0 Å². The van der Waals surface area contributed by atoms with E-state index in [2.05, 4.69) is 20.9 Å². The summed E-state index contributed by atoms with van der Waals surface area (Å²) in [5, 5.41) is 8.72. The highest BCUT2D eigenvalue weighted by Crippen LogP contribution is 2.20. The Hall–Kier alpha value is -4.87. The topological polar surface area (TPSA) is 182 Å². The van der Waals surface area contributed by atoms with Gasteiger partial charge in [0.25, 0.3) is 0 Å². The lowest BCUT2D eigenvalue weighted by Crippen LogP contribution is -2.57. The molecule has 0 fully saturated rings. The van der Waals surface area contributed by atoms with Crippen molar-refractivity contribution in [2.24, 2.45) is 11.7 Å². The lowest BCUT2D eigenvalue weighted by atomic mass is 10.0. The van der Waals surface area contributed by atoms with E-state index < -0.39 is 59.9 Å². The number of amides is 4. The van der Waals surface area contributed by atoms with Crippen LogP contribution in [0.25, 0.3) is 10.9 Å². The molecule has 45 heavy (non-hydrogen) atoms. The number of carbonyl (C=O) groups is 5. The summed E-state index contributed by atoms with van der Waals surface area (Å²) in [6.45, 7) is 8.83. The summed E-state index contributed by atoms with van der Waals surface area (Å²) in [4.78, 5) is 67.6. The van der Waals surface area contributed by atoms with Crippen molar-refractivity contribution in [3.05, 3.63) is 71.9 Å². The number of hydrogen-bond donors (Lipinski definition) is 5. The van der Waals surface area contributed by atoms with Gasteiger partial charge in [-0.05, 0) is 50.3 Å². The van der Waals surface area contributed by atoms with E-state index >= 15 is 0 Å². The first-order valence-corrected chi connectivity index (χ1v) is 14.9. The summed E-state index contributed by atoms with van der Waals surface area (Å²) in [6, 6.07) is 12.9. The van der Waals surface area contributed by atoms with Gasteiger partial charge < -0.3 is 36.1 Å². The summed E-state index contributed by atoms with van der Waals surface area (Å²) in [7, 11) is 0. The second-order valence-electron chi connectivity index (χ2n) is 12.3. The third-order valence-electron chi connectivity index (χ3n) is 6.72. The number of rotatable bonds is 14. The zero-order valence-corrected chi connectivity index (χ0v) is 26.3. The predicted octanol–water partition coefficient (Wildman–Crippen LogP) is 3.24. The summed E-state index contributed by atoms with van der Waals surface area (Å²) >= 11 is 0. The van der Waals surface area contributed by atoms with E-state index in [4.69, 9.17) is 15.2 Å². The molecule has 0 unspecified atom stereocenters. The largest absolute Gasteiger partial charge is 0.461 e. The number of carbonyl (C=O) groups excluding carboxylic acids is 5. The maximum Gasteiger partial charge on any atom is 0.408 e. The van der Waals surface area contributed by atoms with E-state index in [1.165, 1.54) is 0 Å². The van der Waals surface area contributed by atoms with Crippen LogP contribution in [-0.4, -0.2) is 58.5 Å². The number of esters is 1. The Morgan fingerprint density at radius 2 is 1.47 bits per heavy atom. The van der Waals surface area contributed by atoms with Gasteiger partial charge in [-0.1, -0.05) is 62.4 Å². The molecule has 12 heteroatoms. The third kappa shape index (κ3) is 11.3. The molecule has 1 aromatic heterocycles. The van der Waals surface area contributed by atoms with Gasteiger partial charge in [-0.3, -0.25) is 19.2 Å². The molecule has 0 spiro atoms. The molecule has 3 aromatic rings. The normalized spacial score (nSPS) is 13.4. The average molecular weight is 622 g/mol. The van der Waals surface area contributed by atoms with Gasteiger partial charge in [0.05, 0.1) is 6.42 Å². The molecule has 3 rings (SSSR count). The number of nitrogens with one attached hydrogen (secondary N) is 4. The predicted molar refractivity (Wildman–Crippen MR) is 169 cm³/mol. The average Bonchev–Trinajstić information content (AvgIpc) is 3.37. The van der Waals surface area contributed by atoms with E-state index in [9.17, 15) is 24.0 Å². The second-order valence-corrected chi connectivity index (χ2v) is 12.3. The van der Waals surface area contributed by atoms with Crippen LogP contribution in [0, 0.1) is 5.92 Å². The van der Waals surface area contributed by atoms with Gasteiger partial charge in [-0.15, -0.1) is 0 Å². The number of benzene rings is 2. The summed E-state index contributed by atoms with van der Waals surface area (Å²) in [6.07, 6.45) is 0.777. The van der Waals surface area contributed by atoms with E-state index in [1.807, 2.05) is 44.2 Å². The standard InChI is InChI=1S/C33H43N5O7/c1-20(2)15-26(30(41)36-25(29(34)40)17-28(39)44-19-21-11-7-6-8-12-21)37-31(42)27(38-32(43)45-33(3,4)5)16-22-18-35-24-14-10-9-13-23(22)24/h6-14,18,20,25-27,35H,15-17,19H2,1-5H3,(H2,34,40)(H,36,41)(H,37,42)(H,38,43)/t25-,26-,27-/m0/s1. The second kappa shape index (κ2) is 15.7. The van der Waals surface area contributed by atoms with Crippen LogP contribution in [0.3, 0.4) is 0 Å². The number of fused-ring (bicyclic) bond motifs is 1. The first-order chi connectivity index (χ1) is 21.2. The maximum atomic E-state index is 13.7. The fourth-order valence-corrected chi connectivity index (χ4v) is 4.61. The number of para-hydroxylation sites is 1. The van der Waals surface area contributed by atoms with Crippen LogP contribution in [0.5, 0.6) is 0 Å². The molecule has 0 aliphatic rings. The summed E-state index contributed by atoms with van der Waals surface area (Å²) < 4.78 is 10.6. The maximum absolute atomic E-state index is 13.7.